The molecule has 1 aromatic rings. The largest absolute Gasteiger partial charge is 0.495 e. The molecular formula is C15H24N2O3S. The molecule has 1 fully saturated rings. The van der Waals surface area contributed by atoms with Crippen molar-refractivity contribution >= 4 is 10.0 Å². The van der Waals surface area contributed by atoms with Crippen molar-refractivity contribution in [3.63, 3.8) is 0 Å². The Bertz CT molecular complexity index is 611. The first-order valence-electron chi connectivity index (χ1n) is 7.17. The monoisotopic (exact) mass is 312 g/mol. The third kappa shape index (κ3) is 3.75. The van der Waals surface area contributed by atoms with Gasteiger partial charge in [0.2, 0.25) is 10.0 Å². The number of rotatable bonds is 5. The standard InChI is InChI=1S/C15H24N2O3S/c1-15(2)7-6-12(9-15)17-21(18,19)14-8-11(10-16)4-5-13(14)20-3/h4-5,8,12,17H,6-7,9-10,16H2,1-3H3. The molecule has 1 unspecified atom stereocenters. The summed E-state index contributed by atoms with van der Waals surface area (Å²) in [4.78, 5) is 0.164. The summed E-state index contributed by atoms with van der Waals surface area (Å²) in [5.74, 6) is 0.344. The summed E-state index contributed by atoms with van der Waals surface area (Å²) in [5, 5.41) is 0. The molecule has 118 valence electrons. The predicted molar refractivity (Wildman–Crippen MR) is 82.6 cm³/mol. The van der Waals surface area contributed by atoms with E-state index in [0.29, 0.717) is 12.3 Å². The Morgan fingerprint density at radius 3 is 2.67 bits per heavy atom. The van der Waals surface area contributed by atoms with Crippen molar-refractivity contribution in [2.24, 2.45) is 11.1 Å². The highest BCUT2D eigenvalue weighted by molar-refractivity contribution is 7.89. The van der Waals surface area contributed by atoms with Gasteiger partial charge in [-0.25, -0.2) is 13.1 Å². The third-order valence-corrected chi connectivity index (χ3v) is 5.59. The Kier molecular flexibility index (Phi) is 4.60. The zero-order valence-electron chi connectivity index (χ0n) is 12.8. The fraction of sp³-hybridized carbons (Fsp3) is 0.600. The van der Waals surface area contributed by atoms with Crippen LogP contribution in [0.4, 0.5) is 0 Å². The van der Waals surface area contributed by atoms with Crippen molar-refractivity contribution in [3.8, 4) is 5.75 Å². The number of hydrogen-bond acceptors (Lipinski definition) is 4. The van der Waals surface area contributed by atoms with Gasteiger partial charge >= 0.3 is 0 Å². The number of ether oxygens (including phenoxy) is 1. The molecule has 6 heteroatoms. The normalized spacial score (nSPS) is 21.4. The second-order valence-electron chi connectivity index (χ2n) is 6.41. The highest BCUT2D eigenvalue weighted by atomic mass is 32.2. The molecule has 2 rings (SSSR count). The van der Waals surface area contributed by atoms with E-state index < -0.39 is 10.0 Å². The van der Waals surface area contributed by atoms with Gasteiger partial charge in [0, 0.05) is 12.6 Å². The van der Waals surface area contributed by atoms with Crippen molar-refractivity contribution in [2.75, 3.05) is 7.11 Å². The van der Waals surface area contributed by atoms with E-state index in [0.717, 1.165) is 24.8 Å². The minimum atomic E-state index is -3.60. The highest BCUT2D eigenvalue weighted by Gasteiger charge is 2.34. The number of sulfonamides is 1. The molecule has 0 aromatic heterocycles. The van der Waals surface area contributed by atoms with E-state index >= 15 is 0 Å². The van der Waals surface area contributed by atoms with Crippen LogP contribution in [-0.2, 0) is 16.6 Å². The van der Waals surface area contributed by atoms with Crippen LogP contribution in [-0.4, -0.2) is 21.6 Å². The fourth-order valence-electron chi connectivity index (χ4n) is 2.88. The first-order valence-corrected chi connectivity index (χ1v) is 8.65. The maximum absolute atomic E-state index is 12.6. The summed E-state index contributed by atoms with van der Waals surface area (Å²) in [6, 6.07) is 4.99. The summed E-state index contributed by atoms with van der Waals surface area (Å²) in [6.45, 7) is 4.62. The Morgan fingerprint density at radius 1 is 1.43 bits per heavy atom. The van der Waals surface area contributed by atoms with Crippen LogP contribution < -0.4 is 15.2 Å². The van der Waals surface area contributed by atoms with Gasteiger partial charge in [0.05, 0.1) is 7.11 Å². The van der Waals surface area contributed by atoms with Crippen LogP contribution >= 0.6 is 0 Å². The maximum Gasteiger partial charge on any atom is 0.244 e. The summed E-state index contributed by atoms with van der Waals surface area (Å²) in [7, 11) is -2.13. The number of benzene rings is 1. The van der Waals surface area contributed by atoms with Crippen molar-refractivity contribution in [3.05, 3.63) is 23.8 Å². The lowest BCUT2D eigenvalue weighted by molar-refractivity contribution is 0.372. The molecule has 0 saturated heterocycles. The molecule has 3 N–H and O–H groups in total. The minimum absolute atomic E-state index is 0.0174. The predicted octanol–water partition coefficient (Wildman–Crippen LogP) is 2.01. The Balaban J connectivity index is 2.27. The van der Waals surface area contributed by atoms with E-state index in [9.17, 15) is 8.42 Å². The quantitative estimate of drug-likeness (QED) is 0.871. The molecule has 1 aromatic carbocycles. The van der Waals surface area contributed by atoms with Crippen molar-refractivity contribution in [2.45, 2.75) is 50.6 Å². The fourth-order valence-corrected chi connectivity index (χ4v) is 4.37. The summed E-state index contributed by atoms with van der Waals surface area (Å²) in [5.41, 5.74) is 6.55. The zero-order chi connectivity index (χ0) is 15.7. The van der Waals surface area contributed by atoms with Crippen LogP contribution in [0.15, 0.2) is 23.1 Å². The molecule has 21 heavy (non-hydrogen) atoms. The first-order chi connectivity index (χ1) is 9.77. The first kappa shape index (κ1) is 16.3. The van der Waals surface area contributed by atoms with E-state index in [4.69, 9.17) is 10.5 Å². The van der Waals surface area contributed by atoms with Crippen molar-refractivity contribution in [1.82, 2.24) is 4.72 Å². The number of methoxy groups -OCH3 is 1. The average Bonchev–Trinajstić information content (AvgIpc) is 2.76. The SMILES string of the molecule is COc1ccc(CN)cc1S(=O)(=O)NC1CCC(C)(C)C1. The van der Waals surface area contributed by atoms with Gasteiger partial charge < -0.3 is 10.5 Å². The average molecular weight is 312 g/mol. The Labute approximate surface area is 126 Å². The van der Waals surface area contributed by atoms with Crippen LogP contribution in [0.5, 0.6) is 5.75 Å². The van der Waals surface area contributed by atoms with E-state index in [1.54, 1.807) is 18.2 Å². The number of nitrogens with two attached hydrogens (primary N) is 1. The van der Waals surface area contributed by atoms with Crippen LogP contribution in [0.25, 0.3) is 0 Å². The van der Waals surface area contributed by atoms with Crippen LogP contribution in [0, 0.1) is 5.41 Å². The molecule has 5 nitrogen and oxygen atoms in total. The molecule has 0 spiro atoms. The van der Waals surface area contributed by atoms with Gasteiger partial charge in [-0.05, 0) is 42.4 Å². The molecule has 0 bridgehead atoms. The molecule has 0 heterocycles. The number of hydrogen-bond donors (Lipinski definition) is 2. The summed E-state index contributed by atoms with van der Waals surface area (Å²) >= 11 is 0. The van der Waals surface area contributed by atoms with Crippen LogP contribution in [0.3, 0.4) is 0 Å². The van der Waals surface area contributed by atoms with Crippen molar-refractivity contribution < 1.29 is 13.2 Å². The summed E-state index contributed by atoms with van der Waals surface area (Å²) in [6.07, 6.45) is 2.75. The van der Waals surface area contributed by atoms with Gasteiger partial charge in [-0.3, -0.25) is 0 Å². The van der Waals surface area contributed by atoms with Gasteiger partial charge in [-0.2, -0.15) is 0 Å². The van der Waals surface area contributed by atoms with Gasteiger partial charge in [-0.1, -0.05) is 19.9 Å². The molecule has 1 aliphatic carbocycles. The van der Waals surface area contributed by atoms with E-state index in [1.807, 2.05) is 0 Å². The van der Waals surface area contributed by atoms with Gasteiger partial charge in [0.1, 0.15) is 10.6 Å². The van der Waals surface area contributed by atoms with E-state index in [2.05, 4.69) is 18.6 Å². The Morgan fingerprint density at radius 2 is 2.14 bits per heavy atom. The topological polar surface area (TPSA) is 81.4 Å². The lowest BCUT2D eigenvalue weighted by Gasteiger charge is -2.19. The molecular weight excluding hydrogens is 288 g/mol. The molecule has 0 aliphatic heterocycles. The van der Waals surface area contributed by atoms with Gasteiger partial charge in [-0.15, -0.1) is 0 Å². The Hall–Kier alpha value is -1.11. The van der Waals surface area contributed by atoms with Gasteiger partial charge in [0.25, 0.3) is 0 Å². The molecule has 1 aliphatic rings. The minimum Gasteiger partial charge on any atom is -0.495 e. The molecule has 0 radical (unpaired) electrons. The zero-order valence-corrected chi connectivity index (χ0v) is 13.7. The van der Waals surface area contributed by atoms with Crippen LogP contribution in [0.1, 0.15) is 38.7 Å². The van der Waals surface area contributed by atoms with Crippen molar-refractivity contribution in [1.29, 1.82) is 0 Å². The summed E-state index contributed by atoms with van der Waals surface area (Å²) < 4.78 is 33.2. The van der Waals surface area contributed by atoms with E-state index in [1.165, 1.54) is 7.11 Å². The van der Waals surface area contributed by atoms with E-state index in [-0.39, 0.29) is 16.4 Å². The lowest BCUT2D eigenvalue weighted by Crippen LogP contribution is -2.33. The molecule has 1 saturated carbocycles. The molecule has 0 amide bonds. The second-order valence-corrected chi connectivity index (χ2v) is 8.10. The van der Waals surface area contributed by atoms with Gasteiger partial charge in [0.15, 0.2) is 0 Å². The highest BCUT2D eigenvalue weighted by Crippen LogP contribution is 2.38. The second kappa shape index (κ2) is 5.94. The third-order valence-electron chi connectivity index (χ3n) is 4.04. The molecule has 1 atom stereocenters. The van der Waals surface area contributed by atoms with Crippen LogP contribution in [0.2, 0.25) is 0 Å². The smallest absolute Gasteiger partial charge is 0.244 e. The number of nitrogens with one attached hydrogen (secondary N) is 1. The maximum atomic E-state index is 12.6. The lowest BCUT2D eigenvalue weighted by atomic mass is 9.92.